The Hall–Kier alpha value is -4.31. The van der Waals surface area contributed by atoms with Crippen molar-refractivity contribution in [1.82, 2.24) is 0 Å². The number of halogens is 5. The molecule has 4 aromatic rings. The number of nitrogens with one attached hydrogen (secondary N) is 2. The molecule has 0 atom stereocenters. The van der Waals surface area contributed by atoms with Crippen LogP contribution in [-0.2, 0) is 19.3 Å². The number of benzene rings is 4. The van der Waals surface area contributed by atoms with Gasteiger partial charge in [-0.15, -0.1) is 0 Å². The summed E-state index contributed by atoms with van der Waals surface area (Å²) in [4.78, 5) is 0. The van der Waals surface area contributed by atoms with E-state index in [-0.39, 0.29) is 36.1 Å². The molecule has 200 valence electrons. The Kier molecular flexibility index (Phi) is 9.14. The van der Waals surface area contributed by atoms with E-state index in [0.29, 0.717) is 27.5 Å². The van der Waals surface area contributed by atoms with Gasteiger partial charge in [-0.2, -0.15) is 13.2 Å². The number of hydrogen-bond donors (Lipinski definition) is 6. The summed E-state index contributed by atoms with van der Waals surface area (Å²) in [5.74, 6) is -0.818. The van der Waals surface area contributed by atoms with Crippen LogP contribution in [0.1, 0.15) is 16.7 Å². The molecule has 0 spiro atoms. The molecule has 0 fully saturated rings. The second-order valence-corrected chi connectivity index (χ2v) is 8.42. The molecule has 6 N–H and O–H groups in total. The van der Waals surface area contributed by atoms with Gasteiger partial charge in [-0.3, -0.25) is 0 Å². The molecule has 0 amide bonds. The summed E-state index contributed by atoms with van der Waals surface area (Å²) in [6, 6.07) is 17.5. The van der Waals surface area contributed by atoms with Crippen LogP contribution in [0.4, 0.5) is 28.9 Å². The molecule has 4 aromatic carbocycles. The predicted octanol–water partition coefficient (Wildman–Crippen LogP) is 7.23. The number of anilines is 2. The summed E-state index contributed by atoms with van der Waals surface area (Å²) < 4.78 is 51.1. The fourth-order valence-corrected chi connectivity index (χ4v) is 3.51. The maximum atomic E-state index is 13.5. The Labute approximate surface area is 220 Å². The van der Waals surface area contributed by atoms with E-state index in [1.807, 2.05) is 0 Å². The second-order valence-electron chi connectivity index (χ2n) is 8.01. The molecule has 0 aliphatic carbocycles. The Morgan fingerprint density at radius 2 is 1.24 bits per heavy atom. The monoisotopic (exact) mass is 550 g/mol. The highest BCUT2D eigenvalue weighted by Gasteiger charge is 2.30. The molecule has 0 heterocycles. The lowest BCUT2D eigenvalue weighted by Crippen LogP contribution is -2.06. The number of aromatic hydroxyl groups is 4. The van der Waals surface area contributed by atoms with Crippen LogP contribution in [0.25, 0.3) is 0 Å². The number of alkyl halides is 3. The minimum absolute atomic E-state index is 0.0398. The molecule has 0 aliphatic rings. The zero-order chi connectivity index (χ0) is 27.9. The number of rotatable bonds is 6. The fourth-order valence-electron chi connectivity index (χ4n) is 3.28. The highest BCUT2D eigenvalue weighted by Crippen LogP contribution is 2.31. The van der Waals surface area contributed by atoms with Crippen molar-refractivity contribution < 1.29 is 38.0 Å². The Morgan fingerprint density at radius 3 is 1.76 bits per heavy atom. The average molecular weight is 551 g/mol. The van der Waals surface area contributed by atoms with Gasteiger partial charge in [0.2, 0.25) is 0 Å². The van der Waals surface area contributed by atoms with Gasteiger partial charge in [0, 0.05) is 35.8 Å². The van der Waals surface area contributed by atoms with E-state index in [1.54, 1.807) is 12.1 Å². The molecule has 4 rings (SSSR count). The van der Waals surface area contributed by atoms with Crippen LogP contribution in [0, 0.1) is 5.82 Å². The van der Waals surface area contributed by atoms with Crippen molar-refractivity contribution in [3.05, 3.63) is 106 Å². The summed E-state index contributed by atoms with van der Waals surface area (Å²) in [6.45, 7) is 0.270. The number of hydrogen-bond acceptors (Lipinski definition) is 6. The first-order valence-electron chi connectivity index (χ1n) is 11.0. The molecule has 0 saturated heterocycles. The van der Waals surface area contributed by atoms with Gasteiger partial charge < -0.3 is 31.1 Å². The third-order valence-corrected chi connectivity index (χ3v) is 5.57. The van der Waals surface area contributed by atoms with Crippen molar-refractivity contribution in [3.63, 3.8) is 0 Å². The van der Waals surface area contributed by atoms with Gasteiger partial charge in [-0.05, 0) is 54.1 Å². The summed E-state index contributed by atoms with van der Waals surface area (Å²) in [7, 11) is 0. The summed E-state index contributed by atoms with van der Waals surface area (Å²) in [6.07, 6.45) is -4.38. The predicted molar refractivity (Wildman–Crippen MR) is 137 cm³/mol. The van der Waals surface area contributed by atoms with Crippen LogP contribution in [0.5, 0.6) is 23.0 Å². The van der Waals surface area contributed by atoms with Gasteiger partial charge in [0.05, 0.1) is 16.9 Å². The molecule has 0 bridgehead atoms. The average Bonchev–Trinajstić information content (AvgIpc) is 2.84. The van der Waals surface area contributed by atoms with E-state index < -0.39 is 17.6 Å². The van der Waals surface area contributed by atoms with E-state index in [0.717, 1.165) is 18.2 Å². The zero-order valence-corrected chi connectivity index (χ0v) is 20.4. The molecule has 0 aromatic heterocycles. The number of phenolic OH excluding ortho intramolecular Hbond substituents is 4. The first-order valence-corrected chi connectivity index (χ1v) is 11.4. The van der Waals surface area contributed by atoms with Gasteiger partial charge in [-0.1, -0.05) is 29.8 Å². The van der Waals surface area contributed by atoms with Crippen LogP contribution >= 0.6 is 11.6 Å². The van der Waals surface area contributed by atoms with Gasteiger partial charge in [0.1, 0.15) is 28.8 Å². The standard InChI is InChI=1S/C14H12F3NO2.C13H11ClFNO2/c15-14(16,17)10-3-1-2-9(6-10)8-18-12-5-4-11(19)7-13(12)20;14-10-2-1-3-11(15)9(10)7-16-12-5-4-8(17)6-13(12)18/h1-7,18-20H,8H2;1-6,16-18H,7H2. The van der Waals surface area contributed by atoms with Gasteiger partial charge in [0.15, 0.2) is 0 Å². The minimum Gasteiger partial charge on any atom is -0.508 e. The normalized spacial score (nSPS) is 10.9. The van der Waals surface area contributed by atoms with Crippen molar-refractivity contribution in [2.24, 2.45) is 0 Å². The first kappa shape index (κ1) is 28.3. The molecule has 0 radical (unpaired) electrons. The third-order valence-electron chi connectivity index (χ3n) is 5.22. The maximum Gasteiger partial charge on any atom is 0.416 e. The smallest absolute Gasteiger partial charge is 0.416 e. The highest BCUT2D eigenvalue weighted by atomic mass is 35.5. The molecule has 6 nitrogen and oxygen atoms in total. The van der Waals surface area contributed by atoms with Crippen molar-refractivity contribution in [1.29, 1.82) is 0 Å². The summed E-state index contributed by atoms with van der Waals surface area (Å²) in [5.41, 5.74) is 0.776. The van der Waals surface area contributed by atoms with Crippen LogP contribution in [0.3, 0.4) is 0 Å². The molecule has 0 aliphatic heterocycles. The number of phenols is 4. The van der Waals surface area contributed by atoms with E-state index >= 15 is 0 Å². The lowest BCUT2D eigenvalue weighted by atomic mass is 10.1. The topological polar surface area (TPSA) is 105 Å². The van der Waals surface area contributed by atoms with Crippen molar-refractivity contribution in [2.75, 3.05) is 10.6 Å². The van der Waals surface area contributed by atoms with Crippen LogP contribution in [0.2, 0.25) is 5.02 Å². The van der Waals surface area contributed by atoms with Crippen molar-refractivity contribution in [3.8, 4) is 23.0 Å². The molecule has 0 saturated carbocycles. The summed E-state index contributed by atoms with van der Waals surface area (Å²) in [5, 5.41) is 43.4. The second kappa shape index (κ2) is 12.3. The van der Waals surface area contributed by atoms with Crippen LogP contribution in [0.15, 0.2) is 78.9 Å². The van der Waals surface area contributed by atoms with Gasteiger partial charge in [0.25, 0.3) is 0 Å². The summed E-state index contributed by atoms with van der Waals surface area (Å²) >= 11 is 5.88. The molecule has 38 heavy (non-hydrogen) atoms. The van der Waals surface area contributed by atoms with Gasteiger partial charge in [-0.25, -0.2) is 4.39 Å². The quantitative estimate of drug-likeness (QED) is 0.0859. The van der Waals surface area contributed by atoms with Crippen LogP contribution in [-0.4, -0.2) is 20.4 Å². The largest absolute Gasteiger partial charge is 0.508 e. The Balaban J connectivity index is 0.000000212. The molecular weight excluding hydrogens is 528 g/mol. The highest BCUT2D eigenvalue weighted by molar-refractivity contribution is 6.31. The maximum absolute atomic E-state index is 13.5. The Bertz CT molecular complexity index is 1380. The zero-order valence-electron chi connectivity index (χ0n) is 19.6. The van der Waals surface area contributed by atoms with Crippen LogP contribution < -0.4 is 10.6 Å². The lowest BCUT2D eigenvalue weighted by Gasteiger charge is -2.11. The minimum atomic E-state index is -4.38. The fraction of sp³-hybridized carbons (Fsp3) is 0.111. The van der Waals surface area contributed by atoms with Crippen molar-refractivity contribution in [2.45, 2.75) is 19.3 Å². The molecular formula is C27H23ClF4N2O4. The van der Waals surface area contributed by atoms with E-state index in [4.69, 9.17) is 21.8 Å². The van der Waals surface area contributed by atoms with E-state index in [2.05, 4.69) is 10.6 Å². The van der Waals surface area contributed by atoms with Crippen molar-refractivity contribution >= 4 is 23.0 Å². The SMILES string of the molecule is Oc1ccc(NCc2c(F)cccc2Cl)c(O)c1.Oc1ccc(NCc2cccc(C(F)(F)F)c2)c(O)c1. The Morgan fingerprint density at radius 1 is 0.684 bits per heavy atom. The first-order chi connectivity index (χ1) is 17.9. The van der Waals surface area contributed by atoms with E-state index in [9.17, 15) is 27.8 Å². The van der Waals surface area contributed by atoms with Gasteiger partial charge >= 0.3 is 6.18 Å². The molecule has 0 unspecified atom stereocenters. The molecule has 11 heteroatoms. The third kappa shape index (κ3) is 7.84. The lowest BCUT2D eigenvalue weighted by molar-refractivity contribution is -0.137. The van der Waals surface area contributed by atoms with E-state index in [1.165, 1.54) is 48.5 Å².